The molecular weight excluding hydrogens is 284 g/mol. The van der Waals surface area contributed by atoms with E-state index in [2.05, 4.69) is 4.98 Å². The number of aromatic nitrogens is 1. The maximum atomic E-state index is 12.3. The minimum Gasteiger partial charge on any atom is -0.487 e. The number of benzene rings is 1. The van der Waals surface area contributed by atoms with Crippen LogP contribution in [0.15, 0.2) is 29.6 Å². The number of carbonyl (C=O) groups excluding carboxylic acids is 1. The van der Waals surface area contributed by atoms with Gasteiger partial charge in [0.05, 0.1) is 10.7 Å². The van der Waals surface area contributed by atoms with Crippen LogP contribution in [-0.2, 0) is 6.61 Å². The van der Waals surface area contributed by atoms with Crippen LogP contribution < -0.4 is 4.74 Å². The van der Waals surface area contributed by atoms with Crippen LogP contribution >= 0.6 is 11.3 Å². The lowest BCUT2D eigenvalue weighted by molar-refractivity contribution is 0.0772. The standard InChI is InChI=1S/C16H20N2O2S/c1-4-18(5-2)16(19)13-7-6-8-15(9-13)20-10-14-11-21-12(3)17-14/h6-9,11H,4-5,10H2,1-3H3. The second kappa shape index (κ2) is 7.22. The fourth-order valence-electron chi connectivity index (χ4n) is 2.04. The van der Waals surface area contributed by atoms with Crippen LogP contribution in [0.25, 0.3) is 0 Å². The largest absolute Gasteiger partial charge is 0.487 e. The average molecular weight is 304 g/mol. The molecule has 1 heterocycles. The Kier molecular flexibility index (Phi) is 5.33. The number of amides is 1. The van der Waals surface area contributed by atoms with E-state index >= 15 is 0 Å². The molecule has 1 amide bonds. The van der Waals surface area contributed by atoms with E-state index in [4.69, 9.17) is 4.74 Å². The lowest BCUT2D eigenvalue weighted by Gasteiger charge is -2.18. The van der Waals surface area contributed by atoms with Crippen molar-refractivity contribution in [3.05, 3.63) is 45.9 Å². The summed E-state index contributed by atoms with van der Waals surface area (Å²) >= 11 is 1.61. The Labute approximate surface area is 129 Å². The van der Waals surface area contributed by atoms with Crippen molar-refractivity contribution in [2.45, 2.75) is 27.4 Å². The SMILES string of the molecule is CCN(CC)C(=O)c1cccc(OCc2csc(C)n2)c1. The molecule has 0 aliphatic rings. The van der Waals surface area contributed by atoms with Gasteiger partial charge in [-0.3, -0.25) is 4.79 Å². The minimum atomic E-state index is 0.0370. The summed E-state index contributed by atoms with van der Waals surface area (Å²) in [4.78, 5) is 18.4. The molecule has 0 radical (unpaired) electrons. The summed E-state index contributed by atoms with van der Waals surface area (Å²) in [5, 5.41) is 3.01. The van der Waals surface area contributed by atoms with Gasteiger partial charge < -0.3 is 9.64 Å². The molecule has 5 heteroatoms. The molecule has 21 heavy (non-hydrogen) atoms. The van der Waals surface area contributed by atoms with E-state index in [0.717, 1.165) is 10.7 Å². The summed E-state index contributed by atoms with van der Waals surface area (Å²) in [6.45, 7) is 7.76. The predicted molar refractivity (Wildman–Crippen MR) is 84.9 cm³/mol. The average Bonchev–Trinajstić information content (AvgIpc) is 2.92. The van der Waals surface area contributed by atoms with Crippen LogP contribution in [-0.4, -0.2) is 28.9 Å². The molecular formula is C16H20N2O2S. The molecule has 0 aliphatic heterocycles. The van der Waals surface area contributed by atoms with E-state index in [1.807, 2.05) is 44.4 Å². The fourth-order valence-corrected chi connectivity index (χ4v) is 2.64. The molecule has 0 aliphatic carbocycles. The van der Waals surface area contributed by atoms with Crippen LogP contribution in [0.1, 0.15) is 34.9 Å². The number of rotatable bonds is 6. The number of ether oxygens (including phenoxy) is 1. The van der Waals surface area contributed by atoms with Gasteiger partial charge in [-0.1, -0.05) is 6.07 Å². The Morgan fingerprint density at radius 2 is 2.10 bits per heavy atom. The van der Waals surface area contributed by atoms with Crippen LogP contribution in [0.3, 0.4) is 0 Å². The maximum Gasteiger partial charge on any atom is 0.253 e. The maximum absolute atomic E-state index is 12.3. The molecule has 0 atom stereocenters. The number of hydrogen-bond donors (Lipinski definition) is 0. The van der Waals surface area contributed by atoms with Gasteiger partial charge in [-0.2, -0.15) is 0 Å². The van der Waals surface area contributed by atoms with Crippen molar-refractivity contribution in [3.8, 4) is 5.75 Å². The fraction of sp³-hybridized carbons (Fsp3) is 0.375. The Hall–Kier alpha value is -1.88. The summed E-state index contributed by atoms with van der Waals surface area (Å²) in [7, 11) is 0. The monoisotopic (exact) mass is 304 g/mol. The second-order valence-corrected chi connectivity index (χ2v) is 5.71. The summed E-state index contributed by atoms with van der Waals surface area (Å²) in [6.07, 6.45) is 0. The van der Waals surface area contributed by atoms with Crippen LogP contribution in [0.5, 0.6) is 5.75 Å². The Morgan fingerprint density at radius 1 is 1.33 bits per heavy atom. The van der Waals surface area contributed by atoms with Gasteiger partial charge in [0.15, 0.2) is 0 Å². The number of carbonyl (C=O) groups is 1. The molecule has 4 nitrogen and oxygen atoms in total. The first-order chi connectivity index (χ1) is 10.1. The van der Waals surface area contributed by atoms with Gasteiger partial charge in [0.2, 0.25) is 0 Å². The number of nitrogens with zero attached hydrogens (tertiary/aromatic N) is 2. The van der Waals surface area contributed by atoms with E-state index in [1.54, 1.807) is 22.3 Å². The first-order valence-electron chi connectivity index (χ1n) is 7.07. The second-order valence-electron chi connectivity index (χ2n) is 4.65. The topological polar surface area (TPSA) is 42.4 Å². The highest BCUT2D eigenvalue weighted by Crippen LogP contribution is 2.17. The zero-order valence-electron chi connectivity index (χ0n) is 12.6. The van der Waals surface area contributed by atoms with Crippen molar-refractivity contribution in [3.63, 3.8) is 0 Å². The number of hydrogen-bond acceptors (Lipinski definition) is 4. The zero-order chi connectivity index (χ0) is 15.2. The van der Waals surface area contributed by atoms with Crippen LogP contribution in [0, 0.1) is 6.92 Å². The van der Waals surface area contributed by atoms with E-state index in [9.17, 15) is 4.79 Å². The molecule has 112 valence electrons. The highest BCUT2D eigenvalue weighted by Gasteiger charge is 2.13. The lowest BCUT2D eigenvalue weighted by Crippen LogP contribution is -2.30. The van der Waals surface area contributed by atoms with Crippen molar-refractivity contribution < 1.29 is 9.53 Å². The van der Waals surface area contributed by atoms with E-state index in [0.29, 0.717) is 31.0 Å². The third-order valence-corrected chi connectivity index (χ3v) is 4.01. The molecule has 0 spiro atoms. The molecule has 2 aromatic rings. The highest BCUT2D eigenvalue weighted by molar-refractivity contribution is 7.09. The lowest BCUT2D eigenvalue weighted by atomic mass is 10.2. The molecule has 0 bridgehead atoms. The van der Waals surface area contributed by atoms with Crippen molar-refractivity contribution in [1.29, 1.82) is 0 Å². The van der Waals surface area contributed by atoms with Gasteiger partial charge in [0.25, 0.3) is 5.91 Å². The minimum absolute atomic E-state index is 0.0370. The summed E-state index contributed by atoms with van der Waals surface area (Å²) in [6, 6.07) is 7.32. The Balaban J connectivity index is 2.05. The summed E-state index contributed by atoms with van der Waals surface area (Å²) < 4.78 is 5.72. The van der Waals surface area contributed by atoms with Gasteiger partial charge in [-0.05, 0) is 39.0 Å². The molecule has 1 aromatic heterocycles. The molecule has 0 saturated carbocycles. The Bertz CT molecular complexity index is 606. The van der Waals surface area contributed by atoms with E-state index in [-0.39, 0.29) is 5.91 Å². The summed E-state index contributed by atoms with van der Waals surface area (Å²) in [5.74, 6) is 0.730. The van der Waals surface area contributed by atoms with Gasteiger partial charge in [-0.25, -0.2) is 4.98 Å². The van der Waals surface area contributed by atoms with E-state index in [1.165, 1.54) is 0 Å². The Morgan fingerprint density at radius 3 is 2.71 bits per heavy atom. The molecule has 0 saturated heterocycles. The first-order valence-corrected chi connectivity index (χ1v) is 7.95. The van der Waals surface area contributed by atoms with Gasteiger partial charge in [-0.15, -0.1) is 11.3 Å². The number of aryl methyl sites for hydroxylation is 1. The third kappa shape index (κ3) is 4.04. The van der Waals surface area contributed by atoms with Gasteiger partial charge >= 0.3 is 0 Å². The normalized spacial score (nSPS) is 10.4. The molecule has 0 N–H and O–H groups in total. The molecule has 0 unspecified atom stereocenters. The summed E-state index contributed by atoms with van der Waals surface area (Å²) in [5.41, 5.74) is 1.57. The molecule has 1 aromatic carbocycles. The zero-order valence-corrected chi connectivity index (χ0v) is 13.4. The van der Waals surface area contributed by atoms with Gasteiger partial charge in [0.1, 0.15) is 12.4 Å². The van der Waals surface area contributed by atoms with Crippen molar-refractivity contribution in [2.24, 2.45) is 0 Å². The smallest absolute Gasteiger partial charge is 0.253 e. The molecule has 2 rings (SSSR count). The van der Waals surface area contributed by atoms with E-state index < -0.39 is 0 Å². The quantitative estimate of drug-likeness (QED) is 0.820. The van der Waals surface area contributed by atoms with Crippen LogP contribution in [0.2, 0.25) is 0 Å². The van der Waals surface area contributed by atoms with Crippen molar-refractivity contribution in [1.82, 2.24) is 9.88 Å². The van der Waals surface area contributed by atoms with Gasteiger partial charge in [0, 0.05) is 24.0 Å². The van der Waals surface area contributed by atoms with Crippen molar-refractivity contribution >= 4 is 17.2 Å². The molecule has 0 fully saturated rings. The first kappa shape index (κ1) is 15.5. The van der Waals surface area contributed by atoms with Crippen molar-refractivity contribution in [2.75, 3.05) is 13.1 Å². The predicted octanol–water partition coefficient (Wildman–Crippen LogP) is 3.51. The van der Waals surface area contributed by atoms with Crippen LogP contribution in [0.4, 0.5) is 0 Å². The highest BCUT2D eigenvalue weighted by atomic mass is 32.1. The third-order valence-electron chi connectivity index (χ3n) is 3.18. The number of thiazole rings is 1.